The van der Waals surface area contributed by atoms with Crippen molar-refractivity contribution >= 4 is 15.8 Å². The van der Waals surface area contributed by atoms with Crippen LogP contribution in [0.1, 0.15) is 6.42 Å². The van der Waals surface area contributed by atoms with Crippen LogP contribution in [0, 0.1) is 29.1 Å². The highest BCUT2D eigenvalue weighted by atomic mass is 32.2. The van der Waals surface area contributed by atoms with E-state index in [1.54, 1.807) is 0 Å². The monoisotopic (exact) mass is 305 g/mol. The summed E-state index contributed by atoms with van der Waals surface area (Å²) in [5.74, 6) is -11.3. The number of nitrogens with one attached hydrogen (secondary N) is 1. The molecule has 10 heteroatoms. The molecule has 0 aromatic heterocycles. The Bertz CT molecular complexity index is 561. The standard InChI is InChI=1S/C9H8F5NO3S/c10-4-5(11)7(13)9(8(14)6(4)12)15-2-1-3-19(16,17)18/h15H,1-3H2,(H,16,17,18). The summed E-state index contributed by atoms with van der Waals surface area (Å²) < 4.78 is 93.5. The van der Waals surface area contributed by atoms with Gasteiger partial charge >= 0.3 is 0 Å². The lowest BCUT2D eigenvalue weighted by Crippen LogP contribution is -2.14. The Labute approximate surface area is 105 Å². The highest BCUT2D eigenvalue weighted by Gasteiger charge is 2.25. The molecule has 0 saturated carbocycles. The second-order valence-electron chi connectivity index (χ2n) is 3.51. The zero-order chi connectivity index (χ0) is 14.8. The van der Waals surface area contributed by atoms with Crippen molar-refractivity contribution in [1.29, 1.82) is 0 Å². The molecule has 0 saturated heterocycles. The zero-order valence-corrected chi connectivity index (χ0v) is 10.00. The number of halogens is 5. The first kappa shape index (κ1) is 15.6. The van der Waals surface area contributed by atoms with E-state index in [1.165, 1.54) is 0 Å². The first-order chi connectivity index (χ1) is 8.65. The van der Waals surface area contributed by atoms with E-state index in [0.29, 0.717) is 0 Å². The van der Waals surface area contributed by atoms with Crippen molar-refractivity contribution < 1.29 is 34.9 Å². The average molecular weight is 305 g/mol. The van der Waals surface area contributed by atoms with E-state index in [0.717, 1.165) is 0 Å². The van der Waals surface area contributed by atoms with Crippen LogP contribution in [0.2, 0.25) is 0 Å². The maximum atomic E-state index is 13.1. The molecule has 0 aliphatic heterocycles. The Morgan fingerprint density at radius 1 is 0.895 bits per heavy atom. The third-order valence-electron chi connectivity index (χ3n) is 2.09. The molecule has 2 N–H and O–H groups in total. The van der Waals surface area contributed by atoms with Gasteiger partial charge in [-0.3, -0.25) is 4.55 Å². The lowest BCUT2D eigenvalue weighted by atomic mass is 10.2. The van der Waals surface area contributed by atoms with Gasteiger partial charge in [-0.1, -0.05) is 0 Å². The topological polar surface area (TPSA) is 66.4 Å². The summed E-state index contributed by atoms with van der Waals surface area (Å²) in [7, 11) is -4.26. The fraction of sp³-hybridized carbons (Fsp3) is 0.333. The lowest BCUT2D eigenvalue weighted by Gasteiger charge is -2.10. The molecule has 19 heavy (non-hydrogen) atoms. The van der Waals surface area contributed by atoms with Gasteiger partial charge in [-0.15, -0.1) is 0 Å². The number of anilines is 1. The molecule has 4 nitrogen and oxygen atoms in total. The molecule has 0 fully saturated rings. The van der Waals surface area contributed by atoms with Gasteiger partial charge < -0.3 is 5.32 Å². The Hall–Kier alpha value is -1.42. The molecule has 0 unspecified atom stereocenters. The third-order valence-corrected chi connectivity index (χ3v) is 2.90. The molecule has 108 valence electrons. The molecule has 0 aliphatic rings. The average Bonchev–Trinajstić information content (AvgIpc) is 2.32. The third kappa shape index (κ3) is 3.77. The van der Waals surface area contributed by atoms with Gasteiger partial charge in [-0.25, -0.2) is 22.0 Å². The first-order valence-corrected chi connectivity index (χ1v) is 6.46. The molecule has 0 spiro atoms. The number of hydrogen-bond donors (Lipinski definition) is 2. The predicted octanol–water partition coefficient (Wildman–Crippen LogP) is 2.07. The SMILES string of the molecule is O=S(=O)(O)CCCNc1c(F)c(F)c(F)c(F)c1F. The Balaban J connectivity index is 2.85. The van der Waals surface area contributed by atoms with Crippen molar-refractivity contribution in [3.63, 3.8) is 0 Å². The van der Waals surface area contributed by atoms with E-state index in [2.05, 4.69) is 0 Å². The Morgan fingerprint density at radius 2 is 1.32 bits per heavy atom. The number of hydrogen-bond acceptors (Lipinski definition) is 3. The van der Waals surface area contributed by atoms with Crippen molar-refractivity contribution in [3.8, 4) is 0 Å². The van der Waals surface area contributed by atoms with Gasteiger partial charge in [0.15, 0.2) is 23.3 Å². The molecule has 0 bridgehead atoms. The second-order valence-corrected chi connectivity index (χ2v) is 5.08. The molecule has 0 radical (unpaired) electrons. The zero-order valence-electron chi connectivity index (χ0n) is 9.18. The summed E-state index contributed by atoms with van der Waals surface area (Å²) >= 11 is 0. The van der Waals surface area contributed by atoms with E-state index in [4.69, 9.17) is 4.55 Å². The summed E-state index contributed by atoms with van der Waals surface area (Å²) in [6.45, 7) is -0.405. The normalized spacial score (nSPS) is 11.7. The fourth-order valence-corrected chi connectivity index (χ4v) is 1.74. The summed E-state index contributed by atoms with van der Waals surface area (Å²) in [6, 6.07) is 0. The van der Waals surface area contributed by atoms with E-state index in [9.17, 15) is 30.4 Å². The summed E-state index contributed by atoms with van der Waals surface area (Å²) in [6.07, 6.45) is -0.279. The second kappa shape index (κ2) is 5.70. The van der Waals surface area contributed by atoms with Crippen molar-refractivity contribution in [1.82, 2.24) is 0 Å². The smallest absolute Gasteiger partial charge is 0.264 e. The number of benzene rings is 1. The largest absolute Gasteiger partial charge is 0.380 e. The van der Waals surface area contributed by atoms with Crippen molar-refractivity contribution in [3.05, 3.63) is 29.1 Å². The molecular weight excluding hydrogens is 297 g/mol. The van der Waals surface area contributed by atoms with Crippen molar-refractivity contribution in [2.75, 3.05) is 17.6 Å². The molecule has 0 heterocycles. The van der Waals surface area contributed by atoms with Crippen LogP contribution in [0.25, 0.3) is 0 Å². The van der Waals surface area contributed by atoms with Crippen LogP contribution in [0.3, 0.4) is 0 Å². The minimum Gasteiger partial charge on any atom is -0.380 e. The van der Waals surface area contributed by atoms with Gasteiger partial charge in [0.1, 0.15) is 5.69 Å². The highest BCUT2D eigenvalue weighted by Crippen LogP contribution is 2.26. The van der Waals surface area contributed by atoms with Crippen LogP contribution in [0.15, 0.2) is 0 Å². The Morgan fingerprint density at radius 3 is 1.74 bits per heavy atom. The van der Waals surface area contributed by atoms with E-state index < -0.39 is 57.2 Å². The van der Waals surface area contributed by atoms with Crippen molar-refractivity contribution in [2.45, 2.75) is 6.42 Å². The maximum absolute atomic E-state index is 13.1. The minimum atomic E-state index is -4.26. The van der Waals surface area contributed by atoms with Crippen LogP contribution in [0.4, 0.5) is 27.6 Å². The van der Waals surface area contributed by atoms with Crippen LogP contribution in [0.5, 0.6) is 0 Å². The van der Waals surface area contributed by atoms with Crippen LogP contribution >= 0.6 is 0 Å². The Kier molecular flexibility index (Phi) is 4.69. The molecule has 1 aromatic rings. The summed E-state index contributed by atoms with van der Waals surface area (Å²) in [5, 5.41) is 1.89. The summed E-state index contributed by atoms with van der Waals surface area (Å²) in [5.41, 5.74) is -1.24. The van der Waals surface area contributed by atoms with Crippen LogP contribution in [-0.2, 0) is 10.1 Å². The minimum absolute atomic E-state index is 0.279. The molecular formula is C9H8F5NO3S. The van der Waals surface area contributed by atoms with Gasteiger partial charge in [0, 0.05) is 6.54 Å². The number of rotatable bonds is 5. The molecule has 0 atom stereocenters. The van der Waals surface area contributed by atoms with E-state index in [1.807, 2.05) is 5.32 Å². The molecule has 1 aromatic carbocycles. The van der Waals surface area contributed by atoms with Gasteiger partial charge in [-0.05, 0) is 6.42 Å². The quantitative estimate of drug-likeness (QED) is 0.287. The van der Waals surface area contributed by atoms with E-state index >= 15 is 0 Å². The van der Waals surface area contributed by atoms with Gasteiger partial charge in [0.05, 0.1) is 5.75 Å². The molecule has 0 aliphatic carbocycles. The van der Waals surface area contributed by atoms with Gasteiger partial charge in [-0.2, -0.15) is 8.42 Å². The van der Waals surface area contributed by atoms with Gasteiger partial charge in [0.25, 0.3) is 10.1 Å². The first-order valence-electron chi connectivity index (χ1n) is 4.85. The molecule has 1 rings (SSSR count). The molecule has 0 amide bonds. The lowest BCUT2D eigenvalue weighted by molar-refractivity contribution is 0.381. The maximum Gasteiger partial charge on any atom is 0.264 e. The fourth-order valence-electron chi connectivity index (χ4n) is 1.23. The van der Waals surface area contributed by atoms with Crippen molar-refractivity contribution in [2.24, 2.45) is 0 Å². The highest BCUT2D eigenvalue weighted by molar-refractivity contribution is 7.85. The van der Waals surface area contributed by atoms with Crippen LogP contribution < -0.4 is 5.32 Å². The summed E-state index contributed by atoms with van der Waals surface area (Å²) in [4.78, 5) is 0. The van der Waals surface area contributed by atoms with Crippen LogP contribution in [-0.4, -0.2) is 25.3 Å². The van der Waals surface area contributed by atoms with E-state index in [-0.39, 0.29) is 6.42 Å². The predicted molar refractivity (Wildman–Crippen MR) is 55.8 cm³/mol. The van der Waals surface area contributed by atoms with Gasteiger partial charge in [0.2, 0.25) is 5.82 Å².